The number of rotatable bonds is 4. The van der Waals surface area contributed by atoms with Crippen molar-refractivity contribution in [3.05, 3.63) is 29.8 Å². The van der Waals surface area contributed by atoms with Crippen LogP contribution in [0.15, 0.2) is 24.3 Å². The summed E-state index contributed by atoms with van der Waals surface area (Å²) in [7, 11) is 0. The number of nitrogens with zero attached hydrogens (tertiary/aromatic N) is 1. The van der Waals surface area contributed by atoms with Crippen molar-refractivity contribution in [3.63, 3.8) is 0 Å². The lowest BCUT2D eigenvalue weighted by atomic mass is 10.1. The maximum Gasteiger partial charge on any atom is 0.120 e. The number of benzene rings is 1. The molecular formula is C16H25FN2O. The van der Waals surface area contributed by atoms with Crippen LogP contribution in [0.2, 0.25) is 0 Å². The minimum atomic E-state index is -0.348. The van der Waals surface area contributed by atoms with Crippen LogP contribution in [0.1, 0.15) is 32.4 Å². The van der Waals surface area contributed by atoms with E-state index in [-0.39, 0.29) is 18.3 Å². The summed E-state index contributed by atoms with van der Waals surface area (Å²) >= 11 is 0. The van der Waals surface area contributed by atoms with Crippen LogP contribution in [0.3, 0.4) is 0 Å². The summed E-state index contributed by atoms with van der Waals surface area (Å²) < 4.78 is 19.2. The largest absolute Gasteiger partial charge is 0.488 e. The van der Waals surface area contributed by atoms with Gasteiger partial charge in [0.15, 0.2) is 0 Å². The van der Waals surface area contributed by atoms with Gasteiger partial charge >= 0.3 is 0 Å². The molecule has 1 aliphatic heterocycles. The summed E-state index contributed by atoms with van der Waals surface area (Å²) in [5, 5.41) is 3.30. The molecule has 1 N–H and O–H groups in total. The fourth-order valence-corrected chi connectivity index (χ4v) is 2.50. The van der Waals surface area contributed by atoms with Crippen LogP contribution in [0.5, 0.6) is 5.75 Å². The second-order valence-electron chi connectivity index (χ2n) is 6.24. The van der Waals surface area contributed by atoms with E-state index < -0.39 is 0 Å². The van der Waals surface area contributed by atoms with Crippen molar-refractivity contribution in [3.8, 4) is 5.75 Å². The third-order valence-corrected chi connectivity index (χ3v) is 3.43. The van der Waals surface area contributed by atoms with Gasteiger partial charge in [-0.25, -0.2) is 4.39 Å². The van der Waals surface area contributed by atoms with E-state index >= 15 is 0 Å². The van der Waals surface area contributed by atoms with Crippen LogP contribution in [0, 0.1) is 0 Å². The number of hydrogen-bond donors (Lipinski definition) is 1. The standard InChI is InChI=1S/C16H25FN2O/c1-16(2,3)20-14-6-4-13(5-7-14)15(12-17)19-10-8-18-9-11-19/h4-7,15,18H,8-12H2,1-3H3/t15-/m1/s1. The molecule has 0 spiro atoms. The molecule has 1 aromatic carbocycles. The van der Waals surface area contributed by atoms with Crippen molar-refractivity contribution in [2.45, 2.75) is 32.4 Å². The van der Waals surface area contributed by atoms with Crippen LogP contribution in [-0.2, 0) is 0 Å². The van der Waals surface area contributed by atoms with E-state index in [1.165, 1.54) is 0 Å². The minimum absolute atomic E-state index is 0.138. The monoisotopic (exact) mass is 280 g/mol. The Bertz CT molecular complexity index is 407. The van der Waals surface area contributed by atoms with E-state index in [4.69, 9.17) is 4.74 Å². The van der Waals surface area contributed by atoms with E-state index in [2.05, 4.69) is 10.2 Å². The Balaban J connectivity index is 2.06. The van der Waals surface area contributed by atoms with Gasteiger partial charge in [-0.1, -0.05) is 12.1 Å². The van der Waals surface area contributed by atoms with Gasteiger partial charge in [-0.3, -0.25) is 4.90 Å². The summed E-state index contributed by atoms with van der Waals surface area (Å²) in [4.78, 5) is 2.20. The van der Waals surface area contributed by atoms with Gasteiger partial charge in [-0.2, -0.15) is 0 Å². The van der Waals surface area contributed by atoms with E-state index in [1.54, 1.807) is 0 Å². The normalized spacial score (nSPS) is 18.8. The molecular weight excluding hydrogens is 255 g/mol. The van der Waals surface area contributed by atoms with Crippen LogP contribution in [0.4, 0.5) is 4.39 Å². The molecule has 0 saturated carbocycles. The number of alkyl halides is 1. The maximum atomic E-state index is 13.4. The van der Waals surface area contributed by atoms with Crippen molar-refractivity contribution < 1.29 is 9.13 Å². The first-order valence-electron chi connectivity index (χ1n) is 7.29. The Morgan fingerprint density at radius 2 is 1.80 bits per heavy atom. The topological polar surface area (TPSA) is 24.5 Å². The third kappa shape index (κ3) is 4.18. The van der Waals surface area contributed by atoms with Crippen molar-refractivity contribution in [1.29, 1.82) is 0 Å². The van der Waals surface area contributed by atoms with E-state index in [9.17, 15) is 4.39 Å². The van der Waals surface area contributed by atoms with Gasteiger partial charge in [0.25, 0.3) is 0 Å². The first-order chi connectivity index (χ1) is 9.49. The third-order valence-electron chi connectivity index (χ3n) is 3.43. The van der Waals surface area contributed by atoms with Crippen LogP contribution < -0.4 is 10.1 Å². The smallest absolute Gasteiger partial charge is 0.120 e. The van der Waals surface area contributed by atoms with Gasteiger partial charge in [-0.05, 0) is 38.5 Å². The lowest BCUT2D eigenvalue weighted by Crippen LogP contribution is -2.45. The molecule has 1 saturated heterocycles. The highest BCUT2D eigenvalue weighted by Gasteiger charge is 2.22. The number of piperazine rings is 1. The van der Waals surface area contributed by atoms with Crippen molar-refractivity contribution >= 4 is 0 Å². The molecule has 0 amide bonds. The molecule has 1 aliphatic rings. The molecule has 3 nitrogen and oxygen atoms in total. The molecule has 0 bridgehead atoms. The second kappa shape index (κ2) is 6.55. The molecule has 1 aromatic rings. The Morgan fingerprint density at radius 1 is 1.20 bits per heavy atom. The second-order valence-corrected chi connectivity index (χ2v) is 6.24. The zero-order chi connectivity index (χ0) is 14.6. The van der Waals surface area contributed by atoms with E-state index in [1.807, 2.05) is 45.0 Å². The summed E-state index contributed by atoms with van der Waals surface area (Å²) in [6.07, 6.45) is 0. The van der Waals surface area contributed by atoms with E-state index in [0.29, 0.717) is 0 Å². The van der Waals surface area contributed by atoms with Gasteiger partial charge in [0, 0.05) is 26.2 Å². The molecule has 1 heterocycles. The molecule has 4 heteroatoms. The summed E-state index contributed by atoms with van der Waals surface area (Å²) in [5.41, 5.74) is 0.815. The van der Waals surface area contributed by atoms with Gasteiger partial charge in [0.2, 0.25) is 0 Å². The minimum Gasteiger partial charge on any atom is -0.488 e. The average molecular weight is 280 g/mol. The van der Waals surface area contributed by atoms with Crippen molar-refractivity contribution in [2.24, 2.45) is 0 Å². The zero-order valence-corrected chi connectivity index (χ0v) is 12.7. The fraction of sp³-hybridized carbons (Fsp3) is 0.625. The molecule has 0 unspecified atom stereocenters. The Morgan fingerprint density at radius 3 is 2.30 bits per heavy atom. The highest BCUT2D eigenvalue weighted by Crippen LogP contribution is 2.25. The van der Waals surface area contributed by atoms with Crippen LogP contribution in [-0.4, -0.2) is 43.4 Å². The fourth-order valence-electron chi connectivity index (χ4n) is 2.50. The maximum absolute atomic E-state index is 13.4. The van der Waals surface area contributed by atoms with Crippen LogP contribution >= 0.6 is 0 Å². The van der Waals surface area contributed by atoms with Gasteiger partial charge < -0.3 is 10.1 Å². The van der Waals surface area contributed by atoms with Gasteiger partial charge in [-0.15, -0.1) is 0 Å². The molecule has 112 valence electrons. The molecule has 0 aliphatic carbocycles. The van der Waals surface area contributed by atoms with Crippen LogP contribution in [0.25, 0.3) is 0 Å². The number of nitrogens with one attached hydrogen (secondary N) is 1. The number of hydrogen-bond acceptors (Lipinski definition) is 3. The van der Waals surface area contributed by atoms with Crippen molar-refractivity contribution in [1.82, 2.24) is 10.2 Å². The predicted octanol–water partition coefficient (Wildman–Crippen LogP) is 2.78. The van der Waals surface area contributed by atoms with Gasteiger partial charge in [0.05, 0.1) is 6.04 Å². The summed E-state index contributed by atoms with van der Waals surface area (Å²) in [5.74, 6) is 0.833. The average Bonchev–Trinajstić information content (AvgIpc) is 2.41. The molecule has 2 rings (SSSR count). The number of halogens is 1. The molecule has 20 heavy (non-hydrogen) atoms. The lowest BCUT2D eigenvalue weighted by Gasteiger charge is -2.33. The van der Waals surface area contributed by atoms with E-state index in [0.717, 1.165) is 37.5 Å². The molecule has 1 atom stereocenters. The SMILES string of the molecule is CC(C)(C)Oc1ccc([C@@H](CF)N2CCNCC2)cc1. The first-order valence-corrected chi connectivity index (χ1v) is 7.29. The van der Waals surface area contributed by atoms with Crippen molar-refractivity contribution in [2.75, 3.05) is 32.9 Å². The molecule has 1 fully saturated rings. The molecule has 0 aromatic heterocycles. The zero-order valence-electron chi connectivity index (χ0n) is 12.7. The first kappa shape index (κ1) is 15.3. The Kier molecular flexibility index (Phi) is 5.00. The molecule has 0 radical (unpaired) electrons. The Hall–Kier alpha value is -1.13. The lowest BCUT2D eigenvalue weighted by molar-refractivity contribution is 0.130. The summed E-state index contributed by atoms with van der Waals surface area (Å²) in [6.45, 7) is 9.37. The Labute approximate surface area is 121 Å². The van der Waals surface area contributed by atoms with Gasteiger partial charge in [0.1, 0.15) is 18.0 Å². The quantitative estimate of drug-likeness (QED) is 0.918. The number of ether oxygens (including phenoxy) is 1. The summed E-state index contributed by atoms with van der Waals surface area (Å²) in [6, 6.07) is 7.69. The predicted molar refractivity (Wildman–Crippen MR) is 80.0 cm³/mol. The highest BCUT2D eigenvalue weighted by atomic mass is 19.1. The highest BCUT2D eigenvalue weighted by molar-refractivity contribution is 5.30.